The molecule has 0 fully saturated rings. The highest BCUT2D eigenvalue weighted by Crippen LogP contribution is 2.23. The zero-order valence-electron chi connectivity index (χ0n) is 11.9. The third kappa shape index (κ3) is 2.46. The number of hydrogen-bond acceptors (Lipinski definition) is 1. The van der Waals surface area contributed by atoms with Crippen LogP contribution in [-0.4, -0.2) is 9.78 Å². The van der Waals surface area contributed by atoms with Crippen LogP contribution in [0.3, 0.4) is 0 Å². The number of hydrogen-bond donors (Lipinski definition) is 0. The van der Waals surface area contributed by atoms with Crippen LogP contribution in [0.4, 0.5) is 0 Å². The van der Waals surface area contributed by atoms with Gasteiger partial charge in [-0.3, -0.25) is 0 Å². The lowest BCUT2D eigenvalue weighted by atomic mass is 10.1. The Labute approximate surface area is 120 Å². The first-order chi connectivity index (χ1) is 9.90. The van der Waals surface area contributed by atoms with Gasteiger partial charge in [0.25, 0.3) is 0 Å². The molecule has 1 heterocycles. The second kappa shape index (κ2) is 5.91. The zero-order chi connectivity index (χ0) is 13.8. The Balaban J connectivity index is 2.08. The van der Waals surface area contributed by atoms with Gasteiger partial charge in [-0.05, 0) is 31.0 Å². The molecule has 0 aliphatic heterocycles. The quantitative estimate of drug-likeness (QED) is 0.608. The van der Waals surface area contributed by atoms with Gasteiger partial charge in [-0.2, -0.15) is 5.10 Å². The molecule has 20 heavy (non-hydrogen) atoms. The molecule has 2 heteroatoms. The van der Waals surface area contributed by atoms with Gasteiger partial charge in [0.1, 0.15) is 0 Å². The van der Waals surface area contributed by atoms with E-state index in [9.17, 15) is 0 Å². The Morgan fingerprint density at radius 1 is 0.900 bits per heavy atom. The highest BCUT2D eigenvalue weighted by Gasteiger charge is 2.11. The topological polar surface area (TPSA) is 17.8 Å². The molecule has 0 bridgehead atoms. The van der Waals surface area contributed by atoms with Crippen molar-refractivity contribution in [3.05, 3.63) is 60.3 Å². The van der Waals surface area contributed by atoms with E-state index in [0.29, 0.717) is 0 Å². The average Bonchev–Trinajstić information content (AvgIpc) is 2.87. The number of unbranched alkanes of at least 4 members (excludes halogenated alkanes) is 2. The van der Waals surface area contributed by atoms with Crippen molar-refractivity contribution < 1.29 is 0 Å². The fourth-order valence-corrected chi connectivity index (χ4v) is 2.65. The molecule has 0 aliphatic carbocycles. The predicted molar refractivity (Wildman–Crippen MR) is 84.3 cm³/mol. The summed E-state index contributed by atoms with van der Waals surface area (Å²) >= 11 is 0. The third-order valence-corrected chi connectivity index (χ3v) is 3.70. The van der Waals surface area contributed by atoms with Crippen LogP contribution in [-0.2, 0) is 6.42 Å². The monoisotopic (exact) mass is 264 g/mol. The normalized spacial score (nSPS) is 11.1. The summed E-state index contributed by atoms with van der Waals surface area (Å²) in [6, 6.07) is 18.9. The van der Waals surface area contributed by atoms with E-state index in [1.807, 2.05) is 6.07 Å². The van der Waals surface area contributed by atoms with Crippen molar-refractivity contribution in [3.8, 4) is 5.69 Å². The van der Waals surface area contributed by atoms with E-state index < -0.39 is 0 Å². The van der Waals surface area contributed by atoms with Crippen LogP contribution < -0.4 is 0 Å². The van der Waals surface area contributed by atoms with Gasteiger partial charge in [-0.15, -0.1) is 0 Å². The Hall–Kier alpha value is -2.09. The predicted octanol–water partition coefficient (Wildman–Crippen LogP) is 4.76. The molecule has 0 saturated heterocycles. The van der Waals surface area contributed by atoms with Gasteiger partial charge in [-0.1, -0.05) is 56.2 Å². The largest absolute Gasteiger partial charge is 0.237 e. The number of para-hydroxylation sites is 1. The molecule has 2 aromatic carbocycles. The van der Waals surface area contributed by atoms with Crippen LogP contribution in [0, 0.1) is 0 Å². The minimum absolute atomic E-state index is 1.09. The summed E-state index contributed by atoms with van der Waals surface area (Å²) < 4.78 is 2.11. The summed E-state index contributed by atoms with van der Waals surface area (Å²) in [4.78, 5) is 0. The van der Waals surface area contributed by atoms with Crippen molar-refractivity contribution in [3.63, 3.8) is 0 Å². The van der Waals surface area contributed by atoms with Gasteiger partial charge in [0, 0.05) is 5.39 Å². The molecule has 0 spiro atoms. The molecule has 0 amide bonds. The van der Waals surface area contributed by atoms with Crippen LogP contribution in [0.2, 0.25) is 0 Å². The van der Waals surface area contributed by atoms with Gasteiger partial charge < -0.3 is 0 Å². The fraction of sp³-hybridized carbons (Fsp3) is 0.278. The second-order valence-corrected chi connectivity index (χ2v) is 5.17. The Morgan fingerprint density at radius 2 is 1.65 bits per heavy atom. The van der Waals surface area contributed by atoms with E-state index in [4.69, 9.17) is 5.10 Å². The summed E-state index contributed by atoms with van der Waals surface area (Å²) in [6.07, 6.45) is 4.83. The second-order valence-electron chi connectivity index (χ2n) is 5.17. The molecule has 3 rings (SSSR count). The van der Waals surface area contributed by atoms with Gasteiger partial charge in [0.2, 0.25) is 0 Å². The molecule has 0 radical (unpaired) electrons. The first-order valence-corrected chi connectivity index (χ1v) is 7.42. The van der Waals surface area contributed by atoms with Crippen LogP contribution in [0.5, 0.6) is 0 Å². The molecule has 0 saturated carbocycles. The Kier molecular flexibility index (Phi) is 3.82. The van der Waals surface area contributed by atoms with Crippen molar-refractivity contribution in [2.24, 2.45) is 0 Å². The number of aromatic nitrogens is 2. The molecule has 0 atom stereocenters. The molecule has 2 nitrogen and oxygen atoms in total. The zero-order valence-corrected chi connectivity index (χ0v) is 11.9. The SMILES string of the molecule is CCCCCc1c2ccccc2nn1-c1ccccc1. The van der Waals surface area contributed by atoms with Crippen molar-refractivity contribution in [1.82, 2.24) is 9.78 Å². The first-order valence-electron chi connectivity index (χ1n) is 7.42. The maximum atomic E-state index is 4.78. The van der Waals surface area contributed by atoms with Crippen molar-refractivity contribution in [1.29, 1.82) is 0 Å². The van der Waals surface area contributed by atoms with E-state index in [2.05, 4.69) is 60.1 Å². The molecule has 0 N–H and O–H groups in total. The average molecular weight is 264 g/mol. The van der Waals surface area contributed by atoms with Gasteiger partial charge in [0.05, 0.1) is 16.9 Å². The van der Waals surface area contributed by atoms with Gasteiger partial charge in [0.15, 0.2) is 0 Å². The van der Waals surface area contributed by atoms with Crippen LogP contribution in [0.25, 0.3) is 16.6 Å². The van der Waals surface area contributed by atoms with E-state index in [1.165, 1.54) is 30.3 Å². The number of nitrogens with zero attached hydrogens (tertiary/aromatic N) is 2. The number of fused-ring (bicyclic) bond motifs is 1. The van der Waals surface area contributed by atoms with Crippen molar-refractivity contribution in [2.75, 3.05) is 0 Å². The lowest BCUT2D eigenvalue weighted by Gasteiger charge is -2.07. The lowest BCUT2D eigenvalue weighted by molar-refractivity contribution is 0.688. The summed E-state index contributed by atoms with van der Waals surface area (Å²) in [5.41, 5.74) is 3.57. The molecule has 0 unspecified atom stereocenters. The molecule has 1 aromatic heterocycles. The summed E-state index contributed by atoms with van der Waals surface area (Å²) in [5, 5.41) is 6.06. The lowest BCUT2D eigenvalue weighted by Crippen LogP contribution is -2.02. The molecular weight excluding hydrogens is 244 g/mol. The molecular formula is C18H20N2. The number of aryl methyl sites for hydroxylation is 1. The maximum Gasteiger partial charge on any atom is 0.0930 e. The van der Waals surface area contributed by atoms with E-state index in [0.717, 1.165) is 17.6 Å². The molecule has 0 aliphatic rings. The van der Waals surface area contributed by atoms with Crippen molar-refractivity contribution in [2.45, 2.75) is 32.6 Å². The Morgan fingerprint density at radius 3 is 2.45 bits per heavy atom. The van der Waals surface area contributed by atoms with Crippen LogP contribution in [0.15, 0.2) is 54.6 Å². The van der Waals surface area contributed by atoms with Crippen LogP contribution in [0.1, 0.15) is 31.9 Å². The minimum Gasteiger partial charge on any atom is -0.237 e. The highest BCUT2D eigenvalue weighted by atomic mass is 15.3. The summed E-state index contributed by atoms with van der Waals surface area (Å²) in [7, 11) is 0. The van der Waals surface area contributed by atoms with Crippen LogP contribution >= 0.6 is 0 Å². The maximum absolute atomic E-state index is 4.78. The standard InChI is InChI=1S/C18H20N2/c1-2-3-5-14-18-16-12-8-9-13-17(16)19-20(18)15-10-6-4-7-11-15/h4,6-13H,2-3,5,14H2,1H3. The molecule has 3 aromatic rings. The van der Waals surface area contributed by atoms with E-state index in [-0.39, 0.29) is 0 Å². The number of rotatable bonds is 5. The smallest absolute Gasteiger partial charge is 0.0930 e. The van der Waals surface area contributed by atoms with Gasteiger partial charge in [-0.25, -0.2) is 4.68 Å². The van der Waals surface area contributed by atoms with Crippen molar-refractivity contribution >= 4 is 10.9 Å². The summed E-state index contributed by atoms with van der Waals surface area (Å²) in [5.74, 6) is 0. The highest BCUT2D eigenvalue weighted by molar-refractivity contribution is 5.82. The fourth-order valence-electron chi connectivity index (χ4n) is 2.65. The Bertz CT molecular complexity index is 683. The van der Waals surface area contributed by atoms with E-state index in [1.54, 1.807) is 0 Å². The minimum atomic E-state index is 1.09. The molecule has 102 valence electrons. The van der Waals surface area contributed by atoms with Gasteiger partial charge >= 0.3 is 0 Å². The number of benzene rings is 2. The third-order valence-electron chi connectivity index (χ3n) is 3.70. The van der Waals surface area contributed by atoms with E-state index >= 15 is 0 Å². The first kappa shape index (κ1) is 12.9. The summed E-state index contributed by atoms with van der Waals surface area (Å²) in [6.45, 7) is 2.24.